The summed E-state index contributed by atoms with van der Waals surface area (Å²) in [6.07, 6.45) is 2.91. The molecule has 1 fully saturated rings. The third kappa shape index (κ3) is 4.16. The normalized spacial score (nSPS) is 26.4. The van der Waals surface area contributed by atoms with Crippen molar-refractivity contribution in [3.8, 4) is 11.5 Å². The summed E-state index contributed by atoms with van der Waals surface area (Å²) in [5, 5.41) is 11.9. The minimum atomic E-state index is -3.62. The molecule has 0 radical (unpaired) electrons. The van der Waals surface area contributed by atoms with E-state index in [1.807, 2.05) is 18.2 Å². The number of benzene rings is 2. The molecule has 1 heterocycles. The second-order valence-corrected chi connectivity index (χ2v) is 11.3. The van der Waals surface area contributed by atoms with Crippen LogP contribution in [0.1, 0.15) is 51.4 Å². The number of rotatable bonds is 6. The van der Waals surface area contributed by atoms with Gasteiger partial charge in [0, 0.05) is 5.30 Å². The largest absolute Gasteiger partial charge is 0.454 e. The van der Waals surface area contributed by atoms with Gasteiger partial charge in [0.25, 0.3) is 7.37 Å². The Labute approximate surface area is 178 Å². The van der Waals surface area contributed by atoms with Crippen molar-refractivity contribution in [1.82, 2.24) is 0 Å². The summed E-state index contributed by atoms with van der Waals surface area (Å²) in [4.78, 5) is 0. The van der Waals surface area contributed by atoms with E-state index in [9.17, 15) is 9.67 Å². The van der Waals surface area contributed by atoms with Crippen molar-refractivity contribution in [2.45, 2.75) is 52.0 Å². The lowest BCUT2D eigenvalue weighted by atomic mass is 9.75. The second-order valence-electron chi connectivity index (χ2n) is 8.89. The quantitative estimate of drug-likeness (QED) is 0.614. The predicted octanol–water partition coefficient (Wildman–Crippen LogP) is 5.49. The fourth-order valence-electron chi connectivity index (χ4n) is 4.60. The number of hydrogen-bond donors (Lipinski definition) is 1. The van der Waals surface area contributed by atoms with E-state index in [0.29, 0.717) is 40.1 Å². The molecule has 1 aliphatic heterocycles. The highest BCUT2D eigenvalue weighted by molar-refractivity contribution is 7.67. The molecular formula is C24H31O5P. The molecule has 0 saturated heterocycles. The average molecular weight is 430 g/mol. The first-order chi connectivity index (χ1) is 14.4. The Morgan fingerprint density at radius 1 is 1.07 bits per heavy atom. The summed E-state index contributed by atoms with van der Waals surface area (Å²) >= 11 is 0. The molecule has 4 rings (SSSR count). The fourth-order valence-corrected chi connectivity index (χ4v) is 6.91. The van der Waals surface area contributed by atoms with Crippen molar-refractivity contribution in [2.75, 3.05) is 6.79 Å². The van der Waals surface area contributed by atoms with Gasteiger partial charge in [-0.3, -0.25) is 4.57 Å². The van der Waals surface area contributed by atoms with Crippen LogP contribution < -0.4 is 14.8 Å². The van der Waals surface area contributed by atoms with Gasteiger partial charge in [0.05, 0.1) is 6.10 Å². The Morgan fingerprint density at radius 2 is 1.80 bits per heavy atom. The van der Waals surface area contributed by atoms with E-state index in [2.05, 4.69) is 20.8 Å². The summed E-state index contributed by atoms with van der Waals surface area (Å²) in [5.41, 5.74) is 0.511. The zero-order valence-electron chi connectivity index (χ0n) is 17.9. The second kappa shape index (κ2) is 8.74. The van der Waals surface area contributed by atoms with Crippen LogP contribution in [0, 0.1) is 17.8 Å². The van der Waals surface area contributed by atoms with Crippen LogP contribution in [0.2, 0.25) is 0 Å². The zero-order chi connectivity index (χ0) is 21.3. The Hall–Kier alpha value is -1.81. The molecule has 1 saturated carbocycles. The van der Waals surface area contributed by atoms with E-state index >= 15 is 0 Å². The zero-order valence-corrected chi connectivity index (χ0v) is 18.8. The third-order valence-electron chi connectivity index (χ3n) is 6.39. The molecule has 5 nitrogen and oxygen atoms in total. The van der Waals surface area contributed by atoms with Gasteiger partial charge in [0.15, 0.2) is 17.3 Å². The van der Waals surface area contributed by atoms with E-state index in [1.165, 1.54) is 0 Å². The molecule has 5 atom stereocenters. The van der Waals surface area contributed by atoms with Crippen molar-refractivity contribution in [3.63, 3.8) is 0 Å². The van der Waals surface area contributed by atoms with Gasteiger partial charge in [-0.25, -0.2) is 0 Å². The van der Waals surface area contributed by atoms with Gasteiger partial charge in [-0.15, -0.1) is 0 Å². The topological polar surface area (TPSA) is 65.0 Å². The first-order valence-corrected chi connectivity index (χ1v) is 12.5. The van der Waals surface area contributed by atoms with E-state index in [-0.39, 0.29) is 12.9 Å². The monoisotopic (exact) mass is 430 g/mol. The molecule has 2 aromatic carbocycles. The maximum atomic E-state index is 14.4. The molecule has 0 aromatic heterocycles. The molecule has 6 heteroatoms. The molecule has 1 aliphatic carbocycles. The van der Waals surface area contributed by atoms with Crippen LogP contribution in [-0.4, -0.2) is 18.0 Å². The number of aliphatic hydroxyl groups is 1. The van der Waals surface area contributed by atoms with Crippen LogP contribution in [0.25, 0.3) is 0 Å². The number of aliphatic hydroxyl groups excluding tert-OH is 1. The summed E-state index contributed by atoms with van der Waals surface area (Å²) < 4.78 is 31.7. The highest BCUT2D eigenvalue weighted by Crippen LogP contribution is 2.60. The summed E-state index contributed by atoms with van der Waals surface area (Å²) in [7, 11) is -3.62. The van der Waals surface area contributed by atoms with Crippen molar-refractivity contribution in [1.29, 1.82) is 0 Å². The van der Waals surface area contributed by atoms with Crippen molar-refractivity contribution < 1.29 is 23.7 Å². The maximum absolute atomic E-state index is 14.4. The van der Waals surface area contributed by atoms with Crippen LogP contribution in [0.4, 0.5) is 0 Å². The average Bonchev–Trinajstić information content (AvgIpc) is 3.21. The van der Waals surface area contributed by atoms with Crippen molar-refractivity contribution in [2.24, 2.45) is 17.8 Å². The Kier molecular flexibility index (Phi) is 6.24. The SMILES string of the molecule is CC(C)[C@H]1CC[C@@H](C)C[C@H]1O[P@](=O)(c1ccccc1)[C@H](O)c1ccc2c(c1)OCO2. The highest BCUT2D eigenvalue weighted by Gasteiger charge is 2.43. The van der Waals surface area contributed by atoms with Crippen LogP contribution in [0.3, 0.4) is 0 Å². The minimum absolute atomic E-state index is 0.150. The van der Waals surface area contributed by atoms with E-state index in [4.69, 9.17) is 14.0 Å². The first-order valence-electron chi connectivity index (χ1n) is 10.8. The first kappa shape index (κ1) is 21.4. The molecule has 2 aromatic rings. The lowest BCUT2D eigenvalue weighted by Crippen LogP contribution is -2.35. The Morgan fingerprint density at radius 3 is 2.53 bits per heavy atom. The van der Waals surface area contributed by atoms with E-state index in [1.54, 1.807) is 30.3 Å². The van der Waals surface area contributed by atoms with E-state index in [0.717, 1.165) is 19.3 Å². The summed E-state index contributed by atoms with van der Waals surface area (Å²) in [5.74, 6) is 1.16. The number of hydrogen-bond acceptors (Lipinski definition) is 5. The third-order valence-corrected chi connectivity index (χ3v) is 8.93. The van der Waals surface area contributed by atoms with Crippen molar-refractivity contribution >= 4 is 12.7 Å². The van der Waals surface area contributed by atoms with Gasteiger partial charge in [0.2, 0.25) is 6.79 Å². The molecule has 162 valence electrons. The molecule has 0 spiro atoms. The van der Waals surface area contributed by atoms with Crippen LogP contribution in [0.15, 0.2) is 48.5 Å². The Bertz CT molecular complexity index is 913. The van der Waals surface area contributed by atoms with Gasteiger partial charge in [0.1, 0.15) is 0 Å². The summed E-state index contributed by atoms with van der Waals surface area (Å²) in [6.45, 7) is 6.75. The van der Waals surface area contributed by atoms with Crippen molar-refractivity contribution in [3.05, 3.63) is 54.1 Å². The summed E-state index contributed by atoms with van der Waals surface area (Å²) in [6, 6.07) is 14.3. The molecule has 0 bridgehead atoms. The minimum Gasteiger partial charge on any atom is -0.454 e. The number of fused-ring (bicyclic) bond motifs is 1. The Balaban J connectivity index is 1.71. The van der Waals surface area contributed by atoms with Gasteiger partial charge < -0.3 is 19.1 Å². The molecule has 2 aliphatic rings. The van der Waals surface area contributed by atoms with Gasteiger partial charge >= 0.3 is 0 Å². The molecular weight excluding hydrogens is 399 g/mol. The standard InChI is InChI=1S/C24H31O5P/c1-16(2)20-11-9-17(3)13-22(20)29-30(26,19-7-5-4-6-8-19)24(25)18-10-12-21-23(14-18)28-15-27-21/h4-8,10,12,14,16-17,20,22,24-25H,9,11,13,15H2,1-3H3/t17-,20-,22-,24+,30-/m1/s1. The molecule has 1 N–H and O–H groups in total. The predicted molar refractivity (Wildman–Crippen MR) is 117 cm³/mol. The van der Waals surface area contributed by atoms with Gasteiger partial charge in [-0.1, -0.05) is 51.5 Å². The van der Waals surface area contributed by atoms with Gasteiger partial charge in [-0.2, -0.15) is 0 Å². The molecule has 0 unspecified atom stereocenters. The fraction of sp³-hybridized carbons (Fsp3) is 0.500. The lowest BCUT2D eigenvalue weighted by Gasteiger charge is -2.39. The van der Waals surface area contributed by atoms with Crippen LogP contribution in [0.5, 0.6) is 11.5 Å². The number of ether oxygens (including phenoxy) is 2. The van der Waals surface area contributed by atoms with Gasteiger partial charge in [-0.05, 0) is 60.4 Å². The lowest BCUT2D eigenvalue weighted by molar-refractivity contribution is 0.0427. The van der Waals surface area contributed by atoms with Crippen LogP contribution >= 0.6 is 7.37 Å². The molecule has 0 amide bonds. The van der Waals surface area contributed by atoms with E-state index < -0.39 is 13.2 Å². The highest BCUT2D eigenvalue weighted by atomic mass is 31.2. The van der Waals surface area contributed by atoms with Crippen LogP contribution in [-0.2, 0) is 9.09 Å². The maximum Gasteiger partial charge on any atom is 0.264 e. The smallest absolute Gasteiger partial charge is 0.264 e. The molecule has 30 heavy (non-hydrogen) atoms.